The van der Waals surface area contributed by atoms with Gasteiger partial charge in [-0.2, -0.15) is 0 Å². The summed E-state index contributed by atoms with van der Waals surface area (Å²) in [4.78, 5) is 13.8. The first-order chi connectivity index (χ1) is 17.6. The molecular weight excluding hydrogens is 541 g/mol. The summed E-state index contributed by atoms with van der Waals surface area (Å²) in [6.45, 7) is 14.8. The van der Waals surface area contributed by atoms with Gasteiger partial charge in [0.15, 0.2) is 0 Å². The molecule has 37 heavy (non-hydrogen) atoms. The van der Waals surface area contributed by atoms with E-state index in [0.29, 0.717) is 0 Å². The second-order valence-electron chi connectivity index (χ2n) is 9.35. The minimum absolute atomic E-state index is 0.194. The van der Waals surface area contributed by atoms with Crippen LogP contribution in [0.25, 0.3) is 0 Å². The van der Waals surface area contributed by atoms with Gasteiger partial charge in [-0.15, -0.1) is 0 Å². The van der Waals surface area contributed by atoms with Gasteiger partial charge in [-0.1, -0.05) is 65.7 Å². The van der Waals surface area contributed by atoms with Crippen LogP contribution in [0.3, 0.4) is 0 Å². The molecule has 0 saturated heterocycles. The van der Waals surface area contributed by atoms with Crippen molar-refractivity contribution in [2.45, 2.75) is 48.5 Å². The number of rotatable bonds is 5. The fraction of sp³-hybridized carbons (Fsp3) is 0.226. The number of aliphatic imine (C=N–C) groups is 2. The van der Waals surface area contributed by atoms with Gasteiger partial charge < -0.3 is 4.98 Å². The average Bonchev–Trinajstić information content (AvgIpc) is 3.32. The second-order valence-corrected chi connectivity index (χ2v) is 11.2. The van der Waals surface area contributed by atoms with Gasteiger partial charge >= 0.3 is 33.3 Å². The normalized spacial score (nSPS) is 11.9. The Morgan fingerprint density at radius 3 is 1.57 bits per heavy atom. The summed E-state index contributed by atoms with van der Waals surface area (Å²) in [5.74, 6) is 0. The quantitative estimate of drug-likeness (QED) is 0.182. The van der Waals surface area contributed by atoms with E-state index in [2.05, 4.69) is 114 Å². The van der Waals surface area contributed by atoms with Crippen LogP contribution < -0.4 is 0 Å². The van der Waals surface area contributed by atoms with Crippen LogP contribution in [0.2, 0.25) is 0 Å². The monoisotopic (exact) mass is 573 g/mol. The molecule has 1 aromatic heterocycles. The van der Waals surface area contributed by atoms with Crippen molar-refractivity contribution in [3.05, 3.63) is 117 Å². The second kappa shape index (κ2) is 13.3. The van der Waals surface area contributed by atoms with Gasteiger partial charge in [-0.3, -0.25) is 4.99 Å². The van der Waals surface area contributed by atoms with Crippen molar-refractivity contribution >= 4 is 43.0 Å². The van der Waals surface area contributed by atoms with Gasteiger partial charge in [0.2, 0.25) is 0 Å². The Morgan fingerprint density at radius 2 is 1.08 bits per heavy atom. The number of hydrogen-bond donors (Lipinski definition) is 1. The summed E-state index contributed by atoms with van der Waals surface area (Å²) in [6.07, 6.45) is 0. The summed E-state index contributed by atoms with van der Waals surface area (Å²) >= 11 is 0.194. The van der Waals surface area contributed by atoms with Gasteiger partial charge in [-0.25, -0.2) is 4.99 Å². The third-order valence-electron chi connectivity index (χ3n) is 6.15. The van der Waals surface area contributed by atoms with E-state index in [9.17, 15) is 0 Å². The van der Waals surface area contributed by atoms with E-state index in [4.69, 9.17) is 30.2 Å². The number of nitrogens with zero attached hydrogens (tertiary/aromatic N) is 2. The predicted octanol–water partition coefficient (Wildman–Crippen LogP) is 9.55. The third kappa shape index (κ3) is 7.46. The zero-order valence-electron chi connectivity index (χ0n) is 22.4. The first kappa shape index (κ1) is 28.9. The molecule has 6 heteroatoms. The number of nitrogens with one attached hydrogen (secondary N) is 1. The minimum atomic E-state index is 0.194. The Kier molecular flexibility index (Phi) is 10.4. The molecule has 4 aromatic rings. The van der Waals surface area contributed by atoms with Crippen molar-refractivity contribution in [1.82, 2.24) is 4.98 Å². The molecule has 0 saturated carbocycles. The van der Waals surface area contributed by atoms with E-state index in [1.807, 2.05) is 6.07 Å². The van der Waals surface area contributed by atoms with Gasteiger partial charge in [0.05, 0.1) is 34.2 Å². The number of benzene rings is 3. The SMILES string of the molecule is CC(=Nc1c(C)cc(C)cc1C)c1ccc(C(=Nc2c(C)cc(C)cc2C)c2ccccc2)[nH]1.[Cl][Fe][Cl]. The molecule has 1 heterocycles. The van der Waals surface area contributed by atoms with E-state index in [0.717, 1.165) is 39.7 Å². The van der Waals surface area contributed by atoms with Crippen LogP contribution in [0.4, 0.5) is 11.4 Å². The fourth-order valence-corrected chi connectivity index (χ4v) is 4.66. The van der Waals surface area contributed by atoms with Crippen molar-refractivity contribution < 1.29 is 13.1 Å². The van der Waals surface area contributed by atoms with Gasteiger partial charge in [-0.05, 0) is 82.9 Å². The van der Waals surface area contributed by atoms with Gasteiger partial charge in [0.1, 0.15) is 0 Å². The van der Waals surface area contributed by atoms with E-state index in [1.54, 1.807) is 0 Å². The van der Waals surface area contributed by atoms with Crippen LogP contribution in [0, 0.1) is 41.5 Å². The third-order valence-corrected chi connectivity index (χ3v) is 6.15. The topological polar surface area (TPSA) is 40.5 Å². The molecule has 0 radical (unpaired) electrons. The first-order valence-electron chi connectivity index (χ1n) is 12.0. The number of halogens is 2. The van der Waals surface area contributed by atoms with Crippen molar-refractivity contribution in [3.63, 3.8) is 0 Å². The van der Waals surface area contributed by atoms with Crippen LogP contribution in [0.1, 0.15) is 57.3 Å². The number of H-pyrrole nitrogens is 1. The first-order valence-corrected chi connectivity index (χ1v) is 15.1. The fourth-order valence-electron chi connectivity index (χ4n) is 4.66. The zero-order valence-corrected chi connectivity index (χ0v) is 25.0. The summed E-state index contributed by atoms with van der Waals surface area (Å²) in [5.41, 5.74) is 14.3. The van der Waals surface area contributed by atoms with Crippen LogP contribution in [0.5, 0.6) is 0 Å². The van der Waals surface area contributed by atoms with Crippen LogP contribution in [0.15, 0.2) is 76.7 Å². The van der Waals surface area contributed by atoms with Crippen LogP contribution in [-0.4, -0.2) is 16.4 Å². The van der Waals surface area contributed by atoms with E-state index >= 15 is 0 Å². The molecular formula is C31H33Cl2FeN3. The van der Waals surface area contributed by atoms with Crippen molar-refractivity contribution in [2.24, 2.45) is 9.98 Å². The summed E-state index contributed by atoms with van der Waals surface area (Å²) in [5, 5.41) is 0. The molecule has 0 bridgehead atoms. The molecule has 4 rings (SSSR count). The molecule has 0 aliphatic rings. The Labute approximate surface area is 235 Å². The predicted molar refractivity (Wildman–Crippen MR) is 157 cm³/mol. The zero-order chi connectivity index (χ0) is 27.1. The van der Waals surface area contributed by atoms with Crippen molar-refractivity contribution in [2.75, 3.05) is 0 Å². The maximum absolute atomic E-state index is 5.18. The molecule has 0 aliphatic heterocycles. The average molecular weight is 574 g/mol. The van der Waals surface area contributed by atoms with Crippen LogP contribution >= 0.6 is 20.2 Å². The number of hydrogen-bond acceptors (Lipinski definition) is 2. The summed E-state index contributed by atoms with van der Waals surface area (Å²) in [6, 6.07) is 23.3. The maximum atomic E-state index is 5.18. The Hall–Kier alpha value is -2.62. The molecule has 194 valence electrons. The number of aryl methyl sites for hydroxylation is 6. The van der Waals surface area contributed by atoms with Gasteiger partial charge in [0, 0.05) is 5.56 Å². The Morgan fingerprint density at radius 1 is 0.649 bits per heavy atom. The van der Waals surface area contributed by atoms with E-state index < -0.39 is 0 Å². The van der Waals surface area contributed by atoms with Gasteiger partial charge in [0.25, 0.3) is 0 Å². The Bertz CT molecular complexity index is 1390. The molecule has 1 N–H and O–H groups in total. The molecule has 0 atom stereocenters. The van der Waals surface area contributed by atoms with E-state index in [-0.39, 0.29) is 13.1 Å². The summed E-state index contributed by atoms with van der Waals surface area (Å²) in [7, 11) is 9.53. The number of aromatic nitrogens is 1. The van der Waals surface area contributed by atoms with Crippen LogP contribution in [-0.2, 0) is 13.1 Å². The molecule has 0 fully saturated rings. The van der Waals surface area contributed by atoms with Crippen molar-refractivity contribution in [3.8, 4) is 0 Å². The molecule has 3 aromatic carbocycles. The Balaban J connectivity index is 0.00000121. The summed E-state index contributed by atoms with van der Waals surface area (Å²) < 4.78 is 0. The number of aromatic amines is 1. The molecule has 0 spiro atoms. The van der Waals surface area contributed by atoms with E-state index in [1.165, 1.54) is 33.4 Å². The standard InChI is InChI=1S/C31H33N3.2ClH.Fe/c1-19-15-21(3)29(22(4)16-19)32-25(7)27-13-14-28(33-27)31(26-11-9-8-10-12-26)34-30-23(5)17-20(2)18-24(30)6;;;/h8-18,33H,1-7H3;2*1H;/q;;;+2/p-2. The molecule has 0 aliphatic carbocycles. The molecule has 0 amide bonds. The van der Waals surface area contributed by atoms with Crippen molar-refractivity contribution in [1.29, 1.82) is 0 Å². The molecule has 3 nitrogen and oxygen atoms in total. The molecule has 0 unspecified atom stereocenters.